The van der Waals surface area contributed by atoms with E-state index in [-0.39, 0.29) is 17.5 Å². The number of halogens is 2. The number of hydrogen-bond acceptors (Lipinski definition) is 4. The highest BCUT2D eigenvalue weighted by Crippen LogP contribution is 2.23. The summed E-state index contributed by atoms with van der Waals surface area (Å²) in [6.07, 6.45) is 0. The Kier molecular flexibility index (Phi) is 4.56. The number of nitrogens with one attached hydrogen (secondary N) is 2. The van der Waals surface area contributed by atoms with Crippen LogP contribution in [0.1, 0.15) is 0 Å². The summed E-state index contributed by atoms with van der Waals surface area (Å²) in [6.45, 7) is -0.0163. The maximum Gasteiger partial charge on any atom is 0.244 e. The Morgan fingerprint density at radius 3 is 3.00 bits per heavy atom. The maximum atomic E-state index is 13.1. The average Bonchev–Trinajstić information content (AvgIpc) is 3.14. The van der Waals surface area contributed by atoms with E-state index in [0.717, 1.165) is 4.88 Å². The third-order valence-electron chi connectivity index (χ3n) is 3.00. The molecule has 0 bridgehead atoms. The summed E-state index contributed by atoms with van der Waals surface area (Å²) >= 11 is 12.4. The monoisotopic (exact) mass is 368 g/mol. The Balaban J connectivity index is 1.79. The normalized spacial score (nSPS) is 10.7. The van der Waals surface area contributed by atoms with Gasteiger partial charge >= 0.3 is 0 Å². The van der Waals surface area contributed by atoms with Crippen molar-refractivity contribution in [1.29, 1.82) is 0 Å². The smallest absolute Gasteiger partial charge is 0.244 e. The molecule has 2 heterocycles. The van der Waals surface area contributed by atoms with Crippen LogP contribution in [-0.4, -0.2) is 20.7 Å². The van der Waals surface area contributed by atoms with Gasteiger partial charge in [0.05, 0.1) is 9.90 Å². The van der Waals surface area contributed by atoms with E-state index in [0.29, 0.717) is 16.3 Å². The second-order valence-corrected chi connectivity index (χ2v) is 6.33. The van der Waals surface area contributed by atoms with E-state index in [1.54, 1.807) is 4.57 Å². The largest absolute Gasteiger partial charge is 0.324 e. The minimum atomic E-state index is -0.540. The van der Waals surface area contributed by atoms with E-state index in [9.17, 15) is 9.18 Å². The van der Waals surface area contributed by atoms with Crippen LogP contribution < -0.4 is 5.32 Å². The van der Waals surface area contributed by atoms with Crippen molar-refractivity contribution in [2.45, 2.75) is 6.54 Å². The quantitative estimate of drug-likeness (QED) is 0.681. The Labute approximate surface area is 144 Å². The molecule has 118 valence electrons. The van der Waals surface area contributed by atoms with Gasteiger partial charge in [0.2, 0.25) is 5.91 Å². The Morgan fingerprint density at radius 1 is 1.48 bits per heavy atom. The van der Waals surface area contributed by atoms with Gasteiger partial charge in [-0.25, -0.2) is 4.39 Å². The Hall–Kier alpha value is -2.03. The van der Waals surface area contributed by atoms with Crippen LogP contribution in [0.5, 0.6) is 0 Å². The summed E-state index contributed by atoms with van der Waals surface area (Å²) in [5.41, 5.74) is 0.411. The van der Waals surface area contributed by atoms with E-state index < -0.39 is 5.82 Å². The fourth-order valence-electron chi connectivity index (χ4n) is 1.98. The number of amides is 1. The lowest BCUT2D eigenvalue weighted by Gasteiger charge is -2.08. The minimum absolute atomic E-state index is 0.0163. The van der Waals surface area contributed by atoms with Crippen molar-refractivity contribution in [3.05, 3.63) is 51.3 Å². The fourth-order valence-corrected chi connectivity index (χ4v) is 3.08. The van der Waals surface area contributed by atoms with Gasteiger partial charge in [-0.2, -0.15) is 5.10 Å². The van der Waals surface area contributed by atoms with E-state index in [1.165, 1.54) is 29.5 Å². The van der Waals surface area contributed by atoms with Crippen LogP contribution in [-0.2, 0) is 11.3 Å². The number of benzene rings is 1. The summed E-state index contributed by atoms with van der Waals surface area (Å²) in [5.74, 6) is -0.262. The third kappa shape index (κ3) is 3.49. The zero-order chi connectivity index (χ0) is 16.4. The van der Waals surface area contributed by atoms with E-state index in [2.05, 4.69) is 15.5 Å². The molecule has 2 N–H and O–H groups in total. The van der Waals surface area contributed by atoms with Crippen LogP contribution in [0.2, 0.25) is 5.02 Å². The molecule has 3 rings (SSSR count). The molecule has 5 nitrogen and oxygen atoms in total. The molecule has 0 unspecified atom stereocenters. The van der Waals surface area contributed by atoms with Gasteiger partial charge in [-0.1, -0.05) is 17.7 Å². The maximum absolute atomic E-state index is 13.1. The molecule has 0 aliphatic heterocycles. The molecule has 3 aromatic rings. The molecular weight excluding hydrogens is 359 g/mol. The highest BCUT2D eigenvalue weighted by Gasteiger charge is 2.13. The molecule has 0 fully saturated rings. The number of H-pyrrole nitrogens is 1. The van der Waals surface area contributed by atoms with Crippen LogP contribution in [0.3, 0.4) is 0 Å². The van der Waals surface area contributed by atoms with Crippen molar-refractivity contribution < 1.29 is 9.18 Å². The van der Waals surface area contributed by atoms with E-state index >= 15 is 0 Å². The number of anilines is 1. The van der Waals surface area contributed by atoms with Gasteiger partial charge in [-0.3, -0.25) is 14.5 Å². The standard InChI is InChI=1S/C14H10ClFN4OS2/c15-9-6-8(3-4-10(9)16)17-12(21)7-20-13(18-19-14(20)22)11-2-1-5-23-11/h1-6H,7H2,(H,17,21)(H,19,22). The van der Waals surface area contributed by atoms with Crippen LogP contribution >= 0.6 is 35.2 Å². The summed E-state index contributed by atoms with van der Waals surface area (Å²) in [7, 11) is 0. The molecular formula is C14H10ClFN4OS2. The van der Waals surface area contributed by atoms with E-state index in [4.69, 9.17) is 23.8 Å². The topological polar surface area (TPSA) is 62.7 Å². The first-order valence-corrected chi connectivity index (χ1v) is 8.15. The third-order valence-corrected chi connectivity index (χ3v) is 4.47. The molecule has 0 saturated heterocycles. The number of nitrogens with zero attached hydrogens (tertiary/aromatic N) is 2. The first-order valence-electron chi connectivity index (χ1n) is 6.48. The Bertz CT molecular complexity index is 904. The molecule has 1 aromatic carbocycles. The first-order chi connectivity index (χ1) is 11.0. The number of aromatic nitrogens is 3. The first kappa shape index (κ1) is 15.9. The van der Waals surface area contributed by atoms with Gasteiger partial charge in [0.15, 0.2) is 10.6 Å². The van der Waals surface area contributed by atoms with Crippen LogP contribution in [0.25, 0.3) is 10.7 Å². The second kappa shape index (κ2) is 6.61. The Morgan fingerprint density at radius 2 is 2.30 bits per heavy atom. The van der Waals surface area contributed by atoms with Gasteiger partial charge in [0.1, 0.15) is 12.4 Å². The van der Waals surface area contributed by atoms with Gasteiger partial charge < -0.3 is 5.32 Å². The number of hydrogen-bond donors (Lipinski definition) is 2. The molecule has 0 aliphatic rings. The van der Waals surface area contributed by atoms with Gasteiger partial charge in [-0.05, 0) is 41.9 Å². The average molecular weight is 369 g/mol. The van der Waals surface area contributed by atoms with Crippen LogP contribution in [0, 0.1) is 10.6 Å². The van der Waals surface area contributed by atoms with Crippen molar-refractivity contribution in [2.75, 3.05) is 5.32 Å². The summed E-state index contributed by atoms with van der Waals surface area (Å²) in [4.78, 5) is 13.1. The molecule has 9 heteroatoms. The molecule has 0 saturated carbocycles. The number of carbonyl (C=O) groups excluding carboxylic acids is 1. The molecule has 0 atom stereocenters. The minimum Gasteiger partial charge on any atom is -0.324 e. The summed E-state index contributed by atoms with van der Waals surface area (Å²) in [6, 6.07) is 7.77. The zero-order valence-electron chi connectivity index (χ0n) is 11.5. The highest BCUT2D eigenvalue weighted by atomic mass is 35.5. The highest BCUT2D eigenvalue weighted by molar-refractivity contribution is 7.71. The van der Waals surface area contributed by atoms with Crippen LogP contribution in [0.4, 0.5) is 10.1 Å². The van der Waals surface area contributed by atoms with Crippen molar-refractivity contribution in [3.8, 4) is 10.7 Å². The van der Waals surface area contributed by atoms with Crippen molar-refractivity contribution in [1.82, 2.24) is 14.8 Å². The van der Waals surface area contributed by atoms with Crippen molar-refractivity contribution >= 4 is 46.8 Å². The SMILES string of the molecule is O=C(Cn1c(-c2cccs2)n[nH]c1=S)Nc1ccc(F)c(Cl)c1. The van der Waals surface area contributed by atoms with Gasteiger partial charge in [0.25, 0.3) is 0 Å². The number of rotatable bonds is 4. The molecule has 0 aliphatic carbocycles. The zero-order valence-corrected chi connectivity index (χ0v) is 13.9. The molecule has 0 spiro atoms. The lowest BCUT2D eigenvalue weighted by Crippen LogP contribution is -2.19. The molecule has 2 aromatic heterocycles. The molecule has 23 heavy (non-hydrogen) atoms. The van der Waals surface area contributed by atoms with Crippen molar-refractivity contribution in [2.24, 2.45) is 0 Å². The number of carbonyl (C=O) groups is 1. The fraction of sp³-hybridized carbons (Fsp3) is 0.0714. The number of thiophene rings is 1. The van der Waals surface area contributed by atoms with E-state index in [1.807, 2.05) is 17.5 Å². The lowest BCUT2D eigenvalue weighted by molar-refractivity contribution is -0.116. The molecule has 1 amide bonds. The van der Waals surface area contributed by atoms with Gasteiger partial charge in [0, 0.05) is 5.69 Å². The number of aromatic amines is 1. The lowest BCUT2D eigenvalue weighted by atomic mass is 10.3. The predicted octanol–water partition coefficient (Wildman–Crippen LogP) is 4.10. The van der Waals surface area contributed by atoms with Crippen molar-refractivity contribution in [3.63, 3.8) is 0 Å². The predicted molar refractivity (Wildman–Crippen MR) is 90.8 cm³/mol. The van der Waals surface area contributed by atoms with Gasteiger partial charge in [-0.15, -0.1) is 11.3 Å². The van der Waals surface area contributed by atoms with Crippen LogP contribution in [0.15, 0.2) is 35.7 Å². The summed E-state index contributed by atoms with van der Waals surface area (Å²) < 4.78 is 15.1. The summed E-state index contributed by atoms with van der Waals surface area (Å²) in [5, 5.41) is 11.3. The second-order valence-electron chi connectivity index (χ2n) is 4.59. The molecule has 0 radical (unpaired) electrons.